The fourth-order valence-electron chi connectivity index (χ4n) is 10.3. The average molecular weight is 801 g/mol. The van der Waals surface area contributed by atoms with E-state index in [0.29, 0.717) is 0 Å². The molecule has 0 saturated carbocycles. The van der Waals surface area contributed by atoms with Crippen molar-refractivity contribution < 1.29 is 8.83 Å². The molecule has 10 aromatic carbocycles. The predicted octanol–water partition coefficient (Wildman–Crippen LogP) is 17.2. The van der Waals surface area contributed by atoms with Gasteiger partial charge in [-0.1, -0.05) is 135 Å². The molecule has 0 bridgehead atoms. The number of para-hydroxylation sites is 6. The van der Waals surface area contributed by atoms with Crippen molar-refractivity contribution in [1.82, 2.24) is 0 Å². The summed E-state index contributed by atoms with van der Waals surface area (Å²) < 4.78 is 13.8. The molecule has 298 valence electrons. The molecule has 4 heteroatoms. The molecular weight excluding hydrogens is 757 g/mol. The van der Waals surface area contributed by atoms with Gasteiger partial charge >= 0.3 is 0 Å². The molecule has 0 amide bonds. The Labute approximate surface area is 360 Å². The van der Waals surface area contributed by atoms with Gasteiger partial charge in [0.25, 0.3) is 0 Å². The summed E-state index contributed by atoms with van der Waals surface area (Å²) in [7, 11) is 0. The van der Waals surface area contributed by atoms with Crippen LogP contribution in [0.25, 0.3) is 76.2 Å². The molecule has 0 saturated heterocycles. The van der Waals surface area contributed by atoms with Gasteiger partial charge in [0.05, 0.1) is 22.7 Å². The van der Waals surface area contributed by atoms with Crippen molar-refractivity contribution in [2.45, 2.75) is 40.5 Å². The first kappa shape index (κ1) is 36.3. The van der Waals surface area contributed by atoms with Crippen LogP contribution in [0.2, 0.25) is 0 Å². The van der Waals surface area contributed by atoms with Crippen LogP contribution < -0.4 is 9.80 Å². The number of furan rings is 2. The van der Waals surface area contributed by atoms with Gasteiger partial charge in [-0.15, -0.1) is 0 Å². The van der Waals surface area contributed by atoms with Gasteiger partial charge in [-0.25, -0.2) is 0 Å². The van der Waals surface area contributed by atoms with E-state index in [2.05, 4.69) is 207 Å². The second-order valence-electron chi connectivity index (χ2n) is 16.8. The summed E-state index contributed by atoms with van der Waals surface area (Å²) in [5, 5.41) is 11.9. The van der Waals surface area contributed by atoms with Crippen LogP contribution in [0.4, 0.5) is 34.1 Å². The minimum absolute atomic E-state index is 0.877. The highest BCUT2D eigenvalue weighted by Gasteiger charge is 2.27. The van der Waals surface area contributed by atoms with Crippen LogP contribution in [0.1, 0.15) is 35.6 Å². The maximum absolute atomic E-state index is 6.99. The molecular formula is C58H44N2O2. The molecule has 0 unspecified atom stereocenters. The Morgan fingerprint density at radius 2 is 0.790 bits per heavy atom. The standard InChI is InChI=1S/C58H44N2O2/c1-5-16-38-18-13-24-44-46-26-15-28-50(58(46)62-56(38)44)60(40-21-10-7-11-22-40)52-34-37(4)42-29-31-47-51(33-36(3)41-30-32-48(52)54(42)53(41)47)59(39-19-8-6-9-20-39)49-27-14-25-45-43-23-12-17-35(2)55(43)61-57(45)49/h6-15,17-34H,5,16H2,1-4H3. The first-order chi connectivity index (χ1) is 30.5. The number of rotatable bonds is 8. The summed E-state index contributed by atoms with van der Waals surface area (Å²) in [6.07, 6.45) is 2.03. The maximum Gasteiger partial charge on any atom is 0.159 e. The zero-order chi connectivity index (χ0) is 41.6. The van der Waals surface area contributed by atoms with E-state index in [4.69, 9.17) is 8.83 Å². The third kappa shape index (κ3) is 5.32. The van der Waals surface area contributed by atoms with E-state index in [1.807, 2.05) is 0 Å². The smallest absolute Gasteiger partial charge is 0.159 e. The number of benzene rings is 10. The Hall–Kier alpha value is -7.56. The lowest BCUT2D eigenvalue weighted by atomic mass is 9.88. The summed E-state index contributed by atoms with van der Waals surface area (Å²) in [5.74, 6) is 0. The first-order valence-corrected chi connectivity index (χ1v) is 21.7. The Kier molecular flexibility index (Phi) is 8.20. The third-order valence-electron chi connectivity index (χ3n) is 13.1. The monoisotopic (exact) mass is 800 g/mol. The van der Waals surface area contributed by atoms with Crippen LogP contribution in [0.5, 0.6) is 0 Å². The number of aryl methyl sites for hydroxylation is 4. The van der Waals surface area contributed by atoms with E-state index in [0.717, 1.165) is 96.4 Å². The Balaban J connectivity index is 1.15. The largest absolute Gasteiger partial charge is 0.454 e. The fraction of sp³-hybridized carbons (Fsp3) is 0.103. The molecule has 2 heterocycles. The third-order valence-corrected chi connectivity index (χ3v) is 13.1. The van der Waals surface area contributed by atoms with E-state index < -0.39 is 0 Å². The van der Waals surface area contributed by atoms with Gasteiger partial charge in [0.1, 0.15) is 11.2 Å². The summed E-state index contributed by atoms with van der Waals surface area (Å²) >= 11 is 0. The number of hydrogen-bond acceptors (Lipinski definition) is 4. The van der Waals surface area contributed by atoms with Crippen molar-refractivity contribution in [3.63, 3.8) is 0 Å². The van der Waals surface area contributed by atoms with Crippen molar-refractivity contribution >= 4 is 110 Å². The molecule has 0 aliphatic carbocycles. The van der Waals surface area contributed by atoms with Crippen LogP contribution in [0.15, 0.2) is 179 Å². The molecule has 0 spiro atoms. The Morgan fingerprint density at radius 1 is 0.355 bits per heavy atom. The quantitative estimate of drug-likeness (QED) is 0.143. The number of nitrogens with zero attached hydrogens (tertiary/aromatic N) is 2. The minimum atomic E-state index is 0.877. The van der Waals surface area contributed by atoms with E-state index in [1.165, 1.54) is 49.0 Å². The highest BCUT2D eigenvalue weighted by Crippen LogP contribution is 2.51. The van der Waals surface area contributed by atoms with Crippen molar-refractivity contribution in [1.29, 1.82) is 0 Å². The van der Waals surface area contributed by atoms with Crippen molar-refractivity contribution in [3.05, 3.63) is 192 Å². The highest BCUT2D eigenvalue weighted by atomic mass is 16.3. The summed E-state index contributed by atoms with van der Waals surface area (Å²) in [6.45, 7) is 8.86. The lowest BCUT2D eigenvalue weighted by Crippen LogP contribution is -2.12. The predicted molar refractivity (Wildman–Crippen MR) is 262 cm³/mol. The van der Waals surface area contributed by atoms with Gasteiger partial charge in [0.2, 0.25) is 0 Å². The van der Waals surface area contributed by atoms with E-state index in [-0.39, 0.29) is 0 Å². The van der Waals surface area contributed by atoms with Gasteiger partial charge < -0.3 is 18.6 Å². The lowest BCUT2D eigenvalue weighted by Gasteiger charge is -2.30. The average Bonchev–Trinajstić information content (AvgIpc) is 3.89. The number of fused-ring (bicyclic) bond motifs is 6. The normalized spacial score (nSPS) is 12.0. The molecule has 62 heavy (non-hydrogen) atoms. The molecule has 12 rings (SSSR count). The fourth-order valence-corrected chi connectivity index (χ4v) is 10.3. The molecule has 0 aliphatic rings. The molecule has 2 aromatic heterocycles. The van der Waals surface area contributed by atoms with Crippen molar-refractivity contribution in [2.24, 2.45) is 0 Å². The highest BCUT2D eigenvalue weighted by molar-refractivity contribution is 6.30. The SMILES string of the molecule is CCCc1cccc2c1oc1c(N(c3ccccc3)c3cc(C)c4ccc5c(N(c6ccccc6)c6cccc7c6oc6c(C)cccc67)cc(C)c6ccc3c4c65)cccc12. The van der Waals surface area contributed by atoms with E-state index in [1.54, 1.807) is 0 Å². The number of hydrogen-bond donors (Lipinski definition) is 0. The van der Waals surface area contributed by atoms with E-state index in [9.17, 15) is 0 Å². The Morgan fingerprint density at radius 3 is 1.31 bits per heavy atom. The summed E-state index contributed by atoms with van der Waals surface area (Å²) in [5.41, 5.74) is 14.9. The minimum Gasteiger partial charge on any atom is -0.454 e. The van der Waals surface area contributed by atoms with Gasteiger partial charge in [-0.3, -0.25) is 0 Å². The number of anilines is 6. The molecule has 0 atom stereocenters. The first-order valence-electron chi connectivity index (χ1n) is 21.7. The van der Waals surface area contributed by atoms with Gasteiger partial charge in [-0.05, 0) is 120 Å². The molecule has 0 N–H and O–H groups in total. The second-order valence-corrected chi connectivity index (χ2v) is 16.8. The van der Waals surface area contributed by atoms with Crippen LogP contribution >= 0.6 is 0 Å². The van der Waals surface area contributed by atoms with Gasteiger partial charge in [0.15, 0.2) is 11.2 Å². The van der Waals surface area contributed by atoms with Gasteiger partial charge in [-0.2, -0.15) is 0 Å². The van der Waals surface area contributed by atoms with Gasteiger partial charge in [0, 0.05) is 43.7 Å². The lowest BCUT2D eigenvalue weighted by molar-refractivity contribution is 0.661. The summed E-state index contributed by atoms with van der Waals surface area (Å²) in [6, 6.07) is 61.7. The molecule has 0 radical (unpaired) electrons. The van der Waals surface area contributed by atoms with E-state index >= 15 is 0 Å². The van der Waals surface area contributed by atoms with Crippen LogP contribution in [-0.4, -0.2) is 0 Å². The van der Waals surface area contributed by atoms with Crippen LogP contribution in [0.3, 0.4) is 0 Å². The maximum atomic E-state index is 6.99. The summed E-state index contributed by atoms with van der Waals surface area (Å²) in [4.78, 5) is 4.81. The van der Waals surface area contributed by atoms with Crippen molar-refractivity contribution in [3.8, 4) is 0 Å². The zero-order valence-electron chi connectivity index (χ0n) is 35.3. The molecule has 0 aliphatic heterocycles. The molecule has 12 aromatic rings. The van der Waals surface area contributed by atoms with Crippen LogP contribution in [0, 0.1) is 20.8 Å². The molecule has 0 fully saturated rings. The topological polar surface area (TPSA) is 32.8 Å². The van der Waals surface area contributed by atoms with Crippen molar-refractivity contribution in [2.75, 3.05) is 9.80 Å². The Bertz CT molecular complexity index is 3690. The molecule has 4 nitrogen and oxygen atoms in total. The second kappa shape index (κ2) is 14.0. The van der Waals surface area contributed by atoms with Crippen LogP contribution in [-0.2, 0) is 6.42 Å². The zero-order valence-corrected chi connectivity index (χ0v) is 35.3.